The van der Waals surface area contributed by atoms with Crippen molar-refractivity contribution in [2.45, 2.75) is 13.3 Å². The number of aromatic nitrogens is 1. The average molecular weight is 316 g/mol. The second-order valence-corrected chi connectivity index (χ2v) is 5.33. The predicted molar refractivity (Wildman–Crippen MR) is 70.2 cm³/mol. The number of aryl methyl sites for hydroxylation is 1. The highest BCUT2D eigenvalue weighted by Gasteiger charge is 2.03. The Morgan fingerprint density at radius 3 is 2.94 bits per heavy atom. The van der Waals surface area contributed by atoms with E-state index in [0.717, 1.165) is 12.1 Å². The van der Waals surface area contributed by atoms with Gasteiger partial charge in [-0.05, 0) is 41.1 Å². The minimum Gasteiger partial charge on any atom is -0.493 e. The zero-order chi connectivity index (χ0) is 12.3. The number of halogens is 2. The molecule has 1 heterocycles. The smallest absolute Gasteiger partial charge is 0.137 e. The molecule has 17 heavy (non-hydrogen) atoms. The Balaban J connectivity index is 1.90. The minimum atomic E-state index is -0.282. The number of rotatable bonds is 4. The molecule has 0 aliphatic carbocycles. The lowest BCUT2D eigenvalue weighted by atomic mass is 10.3. The molecule has 2 aromatic rings. The molecule has 0 saturated heterocycles. The SMILES string of the molecule is Cc1ncsc1CCOc1ccc(F)c(Br)c1. The van der Waals surface area contributed by atoms with E-state index in [4.69, 9.17) is 4.74 Å². The van der Waals surface area contributed by atoms with Gasteiger partial charge in [0.25, 0.3) is 0 Å². The molecule has 0 radical (unpaired) electrons. The maximum Gasteiger partial charge on any atom is 0.137 e. The number of benzene rings is 1. The molecular formula is C12H11BrFNOS. The molecule has 2 nitrogen and oxygen atoms in total. The van der Waals surface area contributed by atoms with E-state index in [1.165, 1.54) is 10.9 Å². The van der Waals surface area contributed by atoms with E-state index in [9.17, 15) is 4.39 Å². The first-order valence-electron chi connectivity index (χ1n) is 5.13. The van der Waals surface area contributed by atoms with Crippen LogP contribution in [-0.2, 0) is 6.42 Å². The van der Waals surface area contributed by atoms with Gasteiger partial charge in [0.05, 0.1) is 22.3 Å². The molecule has 2 rings (SSSR count). The van der Waals surface area contributed by atoms with Crippen molar-refractivity contribution in [3.8, 4) is 5.75 Å². The second-order valence-electron chi connectivity index (χ2n) is 3.54. The molecule has 0 N–H and O–H groups in total. The molecule has 0 amide bonds. The van der Waals surface area contributed by atoms with Crippen LogP contribution in [-0.4, -0.2) is 11.6 Å². The van der Waals surface area contributed by atoms with Crippen LogP contribution in [0.15, 0.2) is 28.2 Å². The van der Waals surface area contributed by atoms with Crippen molar-refractivity contribution < 1.29 is 9.13 Å². The fourth-order valence-corrected chi connectivity index (χ4v) is 2.51. The summed E-state index contributed by atoms with van der Waals surface area (Å²) in [6.07, 6.45) is 0.825. The van der Waals surface area contributed by atoms with Crippen LogP contribution in [0.2, 0.25) is 0 Å². The van der Waals surface area contributed by atoms with Crippen molar-refractivity contribution in [2.75, 3.05) is 6.61 Å². The first kappa shape index (κ1) is 12.5. The maximum atomic E-state index is 13.0. The molecule has 0 spiro atoms. The zero-order valence-corrected chi connectivity index (χ0v) is 11.6. The van der Waals surface area contributed by atoms with Crippen LogP contribution >= 0.6 is 27.3 Å². The van der Waals surface area contributed by atoms with E-state index in [2.05, 4.69) is 20.9 Å². The first-order chi connectivity index (χ1) is 8.16. The van der Waals surface area contributed by atoms with Crippen molar-refractivity contribution in [3.05, 3.63) is 44.6 Å². The topological polar surface area (TPSA) is 22.1 Å². The summed E-state index contributed by atoms with van der Waals surface area (Å²) in [5.74, 6) is 0.385. The summed E-state index contributed by atoms with van der Waals surface area (Å²) in [7, 11) is 0. The van der Waals surface area contributed by atoms with Gasteiger partial charge in [-0.1, -0.05) is 0 Å². The molecule has 1 aromatic heterocycles. The van der Waals surface area contributed by atoms with Gasteiger partial charge in [0.1, 0.15) is 11.6 Å². The predicted octanol–water partition coefficient (Wildman–Crippen LogP) is 3.97. The summed E-state index contributed by atoms with van der Waals surface area (Å²) in [5, 5.41) is 0. The van der Waals surface area contributed by atoms with Crippen LogP contribution in [0.25, 0.3) is 0 Å². The molecule has 0 unspecified atom stereocenters. The molecule has 0 aliphatic rings. The van der Waals surface area contributed by atoms with Crippen LogP contribution in [0.3, 0.4) is 0 Å². The van der Waals surface area contributed by atoms with Gasteiger partial charge in [0.15, 0.2) is 0 Å². The Hall–Kier alpha value is -0.940. The number of nitrogens with zero attached hydrogens (tertiary/aromatic N) is 1. The van der Waals surface area contributed by atoms with E-state index in [1.54, 1.807) is 23.5 Å². The van der Waals surface area contributed by atoms with Gasteiger partial charge in [0, 0.05) is 11.3 Å². The summed E-state index contributed by atoms with van der Waals surface area (Å²) in [5.41, 5.74) is 2.89. The molecule has 0 aliphatic heterocycles. The van der Waals surface area contributed by atoms with Crippen LogP contribution < -0.4 is 4.74 Å². The highest BCUT2D eigenvalue weighted by Crippen LogP contribution is 2.22. The third kappa shape index (κ3) is 3.26. The zero-order valence-electron chi connectivity index (χ0n) is 9.24. The van der Waals surface area contributed by atoms with Gasteiger partial charge < -0.3 is 4.74 Å². The monoisotopic (exact) mass is 315 g/mol. The highest BCUT2D eigenvalue weighted by molar-refractivity contribution is 9.10. The lowest BCUT2D eigenvalue weighted by Gasteiger charge is -2.06. The van der Waals surface area contributed by atoms with Gasteiger partial charge in [-0.15, -0.1) is 11.3 Å². The normalized spacial score (nSPS) is 10.5. The maximum absolute atomic E-state index is 13.0. The lowest BCUT2D eigenvalue weighted by Crippen LogP contribution is -2.01. The van der Waals surface area contributed by atoms with E-state index < -0.39 is 0 Å². The second kappa shape index (κ2) is 5.60. The third-order valence-corrected chi connectivity index (χ3v) is 3.94. The quantitative estimate of drug-likeness (QED) is 0.851. The number of hydrogen-bond acceptors (Lipinski definition) is 3. The molecular weight excluding hydrogens is 305 g/mol. The van der Waals surface area contributed by atoms with Gasteiger partial charge in [-0.25, -0.2) is 9.37 Å². The fourth-order valence-electron chi connectivity index (χ4n) is 1.39. The Morgan fingerprint density at radius 1 is 1.47 bits per heavy atom. The highest BCUT2D eigenvalue weighted by atomic mass is 79.9. The Labute approximate surface area is 112 Å². The van der Waals surface area contributed by atoms with Crippen LogP contribution in [0.1, 0.15) is 10.6 Å². The van der Waals surface area contributed by atoms with Crippen molar-refractivity contribution in [1.82, 2.24) is 4.98 Å². The molecule has 0 fully saturated rings. The molecule has 0 atom stereocenters. The number of thiazole rings is 1. The van der Waals surface area contributed by atoms with Crippen LogP contribution in [0.5, 0.6) is 5.75 Å². The number of ether oxygens (including phenoxy) is 1. The van der Waals surface area contributed by atoms with E-state index in [1.807, 2.05) is 12.4 Å². The van der Waals surface area contributed by atoms with Gasteiger partial charge in [0.2, 0.25) is 0 Å². The Kier molecular flexibility index (Phi) is 4.12. The summed E-state index contributed by atoms with van der Waals surface area (Å²) in [6, 6.07) is 4.64. The minimum absolute atomic E-state index is 0.282. The summed E-state index contributed by atoms with van der Waals surface area (Å²) in [6.45, 7) is 2.56. The molecule has 0 bridgehead atoms. The summed E-state index contributed by atoms with van der Waals surface area (Å²) in [4.78, 5) is 5.40. The fraction of sp³-hybridized carbons (Fsp3) is 0.250. The molecule has 0 saturated carbocycles. The standard InChI is InChI=1S/C12H11BrFNOS/c1-8-12(17-7-15-8)4-5-16-9-2-3-11(14)10(13)6-9/h2-3,6-7H,4-5H2,1H3. The first-order valence-corrected chi connectivity index (χ1v) is 6.81. The summed E-state index contributed by atoms with van der Waals surface area (Å²) < 4.78 is 19.0. The largest absolute Gasteiger partial charge is 0.493 e. The van der Waals surface area contributed by atoms with Crippen molar-refractivity contribution >= 4 is 27.3 Å². The Morgan fingerprint density at radius 2 is 2.29 bits per heavy atom. The van der Waals surface area contributed by atoms with Gasteiger partial charge in [-0.3, -0.25) is 0 Å². The third-order valence-electron chi connectivity index (χ3n) is 2.33. The number of hydrogen-bond donors (Lipinski definition) is 0. The van der Waals surface area contributed by atoms with Crippen molar-refractivity contribution in [2.24, 2.45) is 0 Å². The van der Waals surface area contributed by atoms with Crippen molar-refractivity contribution in [1.29, 1.82) is 0 Å². The molecule has 90 valence electrons. The molecule has 5 heteroatoms. The molecule has 1 aromatic carbocycles. The van der Waals surface area contributed by atoms with Crippen LogP contribution in [0, 0.1) is 12.7 Å². The lowest BCUT2D eigenvalue weighted by molar-refractivity contribution is 0.322. The summed E-state index contributed by atoms with van der Waals surface area (Å²) >= 11 is 4.76. The van der Waals surface area contributed by atoms with E-state index in [0.29, 0.717) is 16.8 Å². The van der Waals surface area contributed by atoms with E-state index >= 15 is 0 Å². The average Bonchev–Trinajstić information content (AvgIpc) is 2.70. The van der Waals surface area contributed by atoms with Crippen molar-refractivity contribution in [3.63, 3.8) is 0 Å². The van der Waals surface area contributed by atoms with Crippen LogP contribution in [0.4, 0.5) is 4.39 Å². The van der Waals surface area contributed by atoms with E-state index in [-0.39, 0.29) is 5.82 Å². The van der Waals surface area contributed by atoms with Gasteiger partial charge in [-0.2, -0.15) is 0 Å². The Bertz CT molecular complexity index is 515. The van der Waals surface area contributed by atoms with Gasteiger partial charge >= 0.3 is 0 Å².